The lowest BCUT2D eigenvalue weighted by molar-refractivity contribution is -0.150. The largest absolute Gasteiger partial charge is 0.465 e. The van der Waals surface area contributed by atoms with Crippen LogP contribution in [0.5, 0.6) is 0 Å². The van der Waals surface area contributed by atoms with Gasteiger partial charge in [0.25, 0.3) is 0 Å². The Morgan fingerprint density at radius 1 is 1.53 bits per heavy atom. The van der Waals surface area contributed by atoms with Crippen molar-refractivity contribution >= 4 is 11.9 Å². The summed E-state index contributed by atoms with van der Waals surface area (Å²) in [5.41, 5.74) is 0. The molecule has 5 nitrogen and oxygen atoms in total. The van der Waals surface area contributed by atoms with E-state index in [2.05, 4.69) is 5.32 Å². The Labute approximate surface area is 102 Å². The molecular weight excluding hydrogens is 220 g/mol. The predicted octanol–water partition coefficient (Wildman–Crippen LogP) is 0.540. The predicted molar refractivity (Wildman–Crippen MR) is 64.5 cm³/mol. The minimum atomic E-state index is -0.274. The number of ether oxygens (including phenoxy) is 1. The van der Waals surface area contributed by atoms with Crippen LogP contribution in [0.15, 0.2) is 0 Å². The molecule has 0 aromatic carbocycles. The summed E-state index contributed by atoms with van der Waals surface area (Å²) >= 11 is 0. The van der Waals surface area contributed by atoms with Crippen LogP contribution in [-0.4, -0.2) is 49.1 Å². The molecule has 1 rings (SSSR count). The summed E-state index contributed by atoms with van der Waals surface area (Å²) in [5, 5.41) is 2.81. The fourth-order valence-corrected chi connectivity index (χ4v) is 2.06. The summed E-state index contributed by atoms with van der Waals surface area (Å²) in [7, 11) is 0. The van der Waals surface area contributed by atoms with E-state index in [9.17, 15) is 9.59 Å². The van der Waals surface area contributed by atoms with Gasteiger partial charge in [-0.3, -0.25) is 14.5 Å². The molecule has 1 amide bonds. The van der Waals surface area contributed by atoms with Gasteiger partial charge >= 0.3 is 5.97 Å². The number of carbonyl (C=O) groups excluding carboxylic acids is 2. The maximum Gasteiger partial charge on any atom is 0.323 e. The van der Waals surface area contributed by atoms with Crippen LogP contribution < -0.4 is 5.32 Å². The number of carbonyl (C=O) groups is 2. The van der Waals surface area contributed by atoms with Gasteiger partial charge in [0.15, 0.2) is 0 Å². The highest BCUT2D eigenvalue weighted by molar-refractivity contribution is 5.80. The van der Waals surface area contributed by atoms with Gasteiger partial charge in [0, 0.05) is 13.1 Å². The van der Waals surface area contributed by atoms with E-state index in [1.807, 2.05) is 11.8 Å². The first-order valence-electron chi connectivity index (χ1n) is 6.36. The van der Waals surface area contributed by atoms with Gasteiger partial charge in [0.2, 0.25) is 5.91 Å². The zero-order valence-corrected chi connectivity index (χ0v) is 10.7. The van der Waals surface area contributed by atoms with Crippen molar-refractivity contribution in [2.24, 2.45) is 0 Å². The van der Waals surface area contributed by atoms with E-state index >= 15 is 0 Å². The SMILES string of the molecule is CCCC(C(=O)OCC)N1CCCNC(=O)C1. The van der Waals surface area contributed by atoms with Crippen molar-refractivity contribution in [2.75, 3.05) is 26.2 Å². The van der Waals surface area contributed by atoms with Crippen molar-refractivity contribution in [2.45, 2.75) is 39.2 Å². The third-order valence-corrected chi connectivity index (χ3v) is 2.85. The van der Waals surface area contributed by atoms with Crippen LogP contribution in [-0.2, 0) is 14.3 Å². The molecular formula is C12H22N2O3. The fraction of sp³-hybridized carbons (Fsp3) is 0.833. The van der Waals surface area contributed by atoms with Crippen LogP contribution in [0.25, 0.3) is 0 Å². The molecule has 0 bridgehead atoms. The molecule has 0 spiro atoms. The molecule has 0 aliphatic carbocycles. The molecule has 1 atom stereocenters. The first kappa shape index (κ1) is 14.0. The minimum absolute atomic E-state index is 0.00657. The van der Waals surface area contributed by atoms with Crippen LogP contribution >= 0.6 is 0 Å². The van der Waals surface area contributed by atoms with Crippen molar-refractivity contribution in [1.82, 2.24) is 10.2 Å². The summed E-state index contributed by atoms with van der Waals surface area (Å²) < 4.78 is 5.07. The van der Waals surface area contributed by atoms with Gasteiger partial charge in [0.1, 0.15) is 6.04 Å². The summed E-state index contributed by atoms with van der Waals surface area (Å²) in [6, 6.07) is -0.274. The molecule has 1 unspecified atom stereocenters. The van der Waals surface area contributed by atoms with Crippen molar-refractivity contribution in [3.05, 3.63) is 0 Å². The molecule has 98 valence electrons. The number of esters is 1. The number of hydrogen-bond donors (Lipinski definition) is 1. The summed E-state index contributed by atoms with van der Waals surface area (Å²) in [5.74, 6) is -0.211. The lowest BCUT2D eigenvalue weighted by Crippen LogP contribution is -2.45. The van der Waals surface area contributed by atoms with Crippen LogP contribution in [0.2, 0.25) is 0 Å². The topological polar surface area (TPSA) is 58.6 Å². The second-order valence-electron chi connectivity index (χ2n) is 4.23. The molecule has 0 radical (unpaired) electrons. The molecule has 1 aliphatic heterocycles. The normalized spacial score (nSPS) is 19.3. The molecule has 1 N–H and O–H groups in total. The van der Waals surface area contributed by atoms with Crippen molar-refractivity contribution < 1.29 is 14.3 Å². The molecule has 0 aromatic heterocycles. The van der Waals surface area contributed by atoms with E-state index in [-0.39, 0.29) is 17.9 Å². The molecule has 0 aromatic rings. The molecule has 0 saturated carbocycles. The smallest absolute Gasteiger partial charge is 0.323 e. The van der Waals surface area contributed by atoms with Crippen molar-refractivity contribution in [3.63, 3.8) is 0 Å². The minimum Gasteiger partial charge on any atom is -0.465 e. The highest BCUT2D eigenvalue weighted by Gasteiger charge is 2.28. The first-order chi connectivity index (χ1) is 8.19. The monoisotopic (exact) mass is 242 g/mol. The Bertz CT molecular complexity index is 268. The fourth-order valence-electron chi connectivity index (χ4n) is 2.06. The summed E-state index contributed by atoms with van der Waals surface area (Å²) in [4.78, 5) is 25.3. The van der Waals surface area contributed by atoms with E-state index in [4.69, 9.17) is 4.74 Å². The summed E-state index contributed by atoms with van der Waals surface area (Å²) in [6.07, 6.45) is 2.53. The van der Waals surface area contributed by atoms with Crippen molar-refractivity contribution in [1.29, 1.82) is 0 Å². The van der Waals surface area contributed by atoms with Gasteiger partial charge in [-0.1, -0.05) is 13.3 Å². The quantitative estimate of drug-likeness (QED) is 0.715. The van der Waals surface area contributed by atoms with Gasteiger partial charge in [-0.2, -0.15) is 0 Å². The van der Waals surface area contributed by atoms with Crippen LogP contribution in [0, 0.1) is 0 Å². The van der Waals surface area contributed by atoms with Crippen LogP contribution in [0.1, 0.15) is 33.1 Å². The number of amides is 1. The summed E-state index contributed by atoms with van der Waals surface area (Å²) in [6.45, 7) is 5.97. The standard InChI is InChI=1S/C12H22N2O3/c1-3-6-10(12(16)17-4-2)14-8-5-7-13-11(15)9-14/h10H,3-9H2,1-2H3,(H,13,15). The van der Waals surface area contributed by atoms with Gasteiger partial charge in [-0.05, 0) is 19.8 Å². The van der Waals surface area contributed by atoms with Gasteiger partial charge in [0.05, 0.1) is 13.2 Å². The lowest BCUT2D eigenvalue weighted by Gasteiger charge is -2.27. The second kappa shape index (κ2) is 7.27. The first-order valence-corrected chi connectivity index (χ1v) is 6.36. The number of hydrogen-bond acceptors (Lipinski definition) is 4. The molecule has 1 fully saturated rings. The number of rotatable bonds is 5. The maximum absolute atomic E-state index is 11.9. The Morgan fingerprint density at radius 2 is 2.29 bits per heavy atom. The molecule has 17 heavy (non-hydrogen) atoms. The molecule has 1 aliphatic rings. The number of nitrogens with zero attached hydrogens (tertiary/aromatic N) is 1. The molecule has 1 saturated heterocycles. The van der Waals surface area contributed by atoms with E-state index in [1.54, 1.807) is 6.92 Å². The van der Waals surface area contributed by atoms with E-state index in [0.29, 0.717) is 19.7 Å². The zero-order chi connectivity index (χ0) is 12.7. The van der Waals surface area contributed by atoms with Crippen molar-refractivity contribution in [3.8, 4) is 0 Å². The Morgan fingerprint density at radius 3 is 2.94 bits per heavy atom. The van der Waals surface area contributed by atoms with E-state index < -0.39 is 0 Å². The Kier molecular flexibility index (Phi) is 5.97. The zero-order valence-electron chi connectivity index (χ0n) is 10.7. The number of nitrogens with one attached hydrogen (secondary N) is 1. The highest BCUT2D eigenvalue weighted by atomic mass is 16.5. The molecule has 5 heteroatoms. The van der Waals surface area contributed by atoms with Crippen LogP contribution in [0.4, 0.5) is 0 Å². The van der Waals surface area contributed by atoms with Crippen LogP contribution in [0.3, 0.4) is 0 Å². The molecule has 1 heterocycles. The van der Waals surface area contributed by atoms with E-state index in [1.165, 1.54) is 0 Å². The third-order valence-electron chi connectivity index (χ3n) is 2.85. The maximum atomic E-state index is 11.9. The average molecular weight is 242 g/mol. The average Bonchev–Trinajstić information content (AvgIpc) is 2.51. The highest BCUT2D eigenvalue weighted by Crippen LogP contribution is 2.11. The lowest BCUT2D eigenvalue weighted by atomic mass is 10.1. The van der Waals surface area contributed by atoms with Gasteiger partial charge in [-0.25, -0.2) is 0 Å². The van der Waals surface area contributed by atoms with Gasteiger partial charge < -0.3 is 10.1 Å². The Hall–Kier alpha value is -1.10. The van der Waals surface area contributed by atoms with Gasteiger partial charge in [-0.15, -0.1) is 0 Å². The third kappa shape index (κ3) is 4.34. The van der Waals surface area contributed by atoms with E-state index in [0.717, 1.165) is 25.8 Å². The second-order valence-corrected chi connectivity index (χ2v) is 4.23. The Balaban J connectivity index is 2.66.